The van der Waals surface area contributed by atoms with Gasteiger partial charge in [-0.05, 0) is 102 Å². The van der Waals surface area contributed by atoms with E-state index in [1.54, 1.807) is 60.1 Å². The fraction of sp³-hybridized carbons (Fsp3) is 0.243. The second kappa shape index (κ2) is 20.1. The zero-order valence-electron chi connectivity index (χ0n) is 32.3. The Morgan fingerprint density at radius 3 is 1.21 bits per heavy atom. The van der Waals surface area contributed by atoms with Gasteiger partial charge in [0.1, 0.15) is 20.2 Å². The first-order valence-corrected chi connectivity index (χ1v) is 20.1. The zero-order chi connectivity index (χ0) is 41.6. The minimum atomic E-state index is -4.28. The molecule has 57 heavy (non-hydrogen) atoms. The number of anilines is 2. The van der Waals surface area contributed by atoms with E-state index < -0.39 is 20.2 Å². The van der Waals surface area contributed by atoms with Gasteiger partial charge in [0, 0.05) is 34.7 Å². The molecule has 18 nitrogen and oxygen atoms in total. The molecule has 0 saturated heterocycles. The fourth-order valence-corrected chi connectivity index (χ4v) is 6.38. The highest BCUT2D eigenvalue weighted by atomic mass is 32.2. The van der Waals surface area contributed by atoms with Gasteiger partial charge in [-0.2, -0.15) is 0 Å². The molecule has 0 amide bonds. The van der Waals surface area contributed by atoms with E-state index in [4.69, 9.17) is 0 Å². The molecule has 0 saturated carbocycles. The molecular formula is C37H44N12O6S2. The lowest BCUT2D eigenvalue weighted by molar-refractivity contribution is -0.659. The molecule has 0 unspecified atom stereocenters. The number of aryl methyl sites for hydroxylation is 6. The molecule has 0 spiro atoms. The van der Waals surface area contributed by atoms with Crippen LogP contribution in [0.3, 0.4) is 0 Å². The first kappa shape index (κ1) is 43.5. The van der Waals surface area contributed by atoms with E-state index in [2.05, 4.69) is 41.3 Å². The molecule has 0 aliphatic heterocycles. The van der Waals surface area contributed by atoms with Crippen LogP contribution >= 0.6 is 0 Å². The normalized spacial score (nSPS) is 11.5. The van der Waals surface area contributed by atoms with Crippen molar-refractivity contribution >= 4 is 54.9 Å². The van der Waals surface area contributed by atoms with Crippen LogP contribution in [0.2, 0.25) is 0 Å². The van der Waals surface area contributed by atoms with Gasteiger partial charge >= 0.3 is 11.9 Å². The van der Waals surface area contributed by atoms with Crippen LogP contribution in [0.15, 0.2) is 140 Å². The summed E-state index contributed by atoms with van der Waals surface area (Å²) < 4.78 is 70.0. The predicted octanol–water partition coefficient (Wildman–Crippen LogP) is 5.35. The van der Waals surface area contributed by atoms with Gasteiger partial charge in [-0.1, -0.05) is 46.6 Å². The predicted molar refractivity (Wildman–Crippen MR) is 210 cm³/mol. The first-order valence-electron chi connectivity index (χ1n) is 17.3. The van der Waals surface area contributed by atoms with E-state index in [9.17, 15) is 25.9 Å². The third-order valence-electron chi connectivity index (χ3n) is 7.99. The molecule has 20 heteroatoms. The number of aromatic nitrogens is 6. The van der Waals surface area contributed by atoms with E-state index in [0.29, 0.717) is 23.0 Å². The highest BCUT2D eigenvalue weighted by Gasteiger charge is 2.12. The summed E-state index contributed by atoms with van der Waals surface area (Å²) in [5.41, 5.74) is 4.65. The molecule has 0 aliphatic rings. The quantitative estimate of drug-likeness (QED) is 0.0696. The minimum Gasteiger partial charge on any atom is -0.744 e. The molecule has 4 aromatic carbocycles. The maximum absolute atomic E-state index is 10.5. The van der Waals surface area contributed by atoms with Crippen molar-refractivity contribution in [2.45, 2.75) is 30.1 Å². The van der Waals surface area contributed by atoms with Crippen LogP contribution in [-0.2, 0) is 48.4 Å². The maximum atomic E-state index is 10.5. The molecule has 6 aromatic rings. The summed E-state index contributed by atoms with van der Waals surface area (Å²) in [6, 6.07) is 28.0. The van der Waals surface area contributed by atoms with Crippen LogP contribution in [-0.4, -0.2) is 58.6 Å². The number of azo groups is 2. The molecule has 0 bridgehead atoms. The Kier molecular flexibility index (Phi) is 15.3. The molecule has 0 aliphatic carbocycles. The maximum Gasteiger partial charge on any atom is 0.403 e. The van der Waals surface area contributed by atoms with Crippen molar-refractivity contribution in [3.8, 4) is 0 Å². The smallest absolute Gasteiger partial charge is 0.403 e. The van der Waals surface area contributed by atoms with E-state index in [0.717, 1.165) is 42.3 Å². The van der Waals surface area contributed by atoms with Gasteiger partial charge in [0.15, 0.2) is 0 Å². The van der Waals surface area contributed by atoms with Crippen LogP contribution in [0.1, 0.15) is 17.5 Å². The Balaban J connectivity index is 0.000000265. The van der Waals surface area contributed by atoms with Gasteiger partial charge in [-0.25, -0.2) is 26.0 Å². The standard InChI is InChI=1S/C23H28N12.2C7H8O3S/c1-32-16-26-34(3)22(32)30-28-20-10-6-18(7-11-20)24-14-5-15-25-19-8-12-21(13-9-19)29-31-23-33(2)17-27-35(23)4;2*1-6-4-2-3-5-7(6)11(8,9)10/h6-13,16-17H,5,14-15H2,1-4H3;2*2-5H,1H3,(H,8,9,10). The van der Waals surface area contributed by atoms with E-state index >= 15 is 0 Å². The average Bonchev–Trinajstić information content (AvgIpc) is 3.67. The number of rotatable bonds is 12. The van der Waals surface area contributed by atoms with Crippen molar-refractivity contribution < 1.29 is 35.1 Å². The second-order valence-electron chi connectivity index (χ2n) is 12.5. The van der Waals surface area contributed by atoms with E-state index in [1.165, 1.54) is 24.3 Å². The van der Waals surface area contributed by atoms with Gasteiger partial charge in [0.2, 0.25) is 12.7 Å². The number of benzene rings is 4. The zero-order valence-corrected chi connectivity index (χ0v) is 33.9. The van der Waals surface area contributed by atoms with Crippen molar-refractivity contribution in [3.05, 3.63) is 121 Å². The van der Waals surface area contributed by atoms with E-state index in [1.807, 2.05) is 85.9 Å². The molecule has 0 fully saturated rings. The van der Waals surface area contributed by atoms with Crippen molar-refractivity contribution in [2.75, 3.05) is 23.7 Å². The van der Waals surface area contributed by atoms with Crippen LogP contribution in [0, 0.1) is 13.8 Å². The molecule has 2 N–H and O–H groups in total. The Hall–Kier alpha value is -6.22. The van der Waals surface area contributed by atoms with Crippen molar-refractivity contribution in [1.82, 2.24) is 19.6 Å². The summed E-state index contributed by atoms with van der Waals surface area (Å²) in [4.78, 5) is -0.278. The Morgan fingerprint density at radius 2 is 0.930 bits per heavy atom. The molecule has 2 aromatic heterocycles. The third kappa shape index (κ3) is 13.5. The largest absolute Gasteiger partial charge is 0.744 e. The monoisotopic (exact) mass is 816 g/mol. The van der Waals surface area contributed by atoms with E-state index in [-0.39, 0.29) is 9.79 Å². The highest BCUT2D eigenvalue weighted by molar-refractivity contribution is 7.86. The Labute approximate surface area is 331 Å². The molecule has 6 rings (SSSR count). The van der Waals surface area contributed by atoms with Gasteiger partial charge in [-0.15, -0.1) is 9.36 Å². The van der Waals surface area contributed by atoms with Crippen LogP contribution in [0.5, 0.6) is 0 Å². The second-order valence-corrected chi connectivity index (χ2v) is 15.2. The molecule has 2 heterocycles. The number of hydrogen-bond acceptors (Lipinski definition) is 14. The lowest BCUT2D eigenvalue weighted by Crippen LogP contribution is -2.25. The number of hydrogen-bond donors (Lipinski definition) is 2. The molecular weight excluding hydrogens is 773 g/mol. The Morgan fingerprint density at radius 1 is 0.579 bits per heavy atom. The third-order valence-corrected chi connectivity index (χ3v) is 9.98. The SMILES string of the molecule is Cc1ccccc1S(=O)(=O)[O-].Cc1ccccc1S(=O)(=O)[O-].Cn1nc[n+](C)c1N=Nc1ccc(NCCCNc2ccc(N=Nc3n(C)nc[n+]3C)cc2)cc1. The summed E-state index contributed by atoms with van der Waals surface area (Å²) in [7, 11) is -1.13. The summed E-state index contributed by atoms with van der Waals surface area (Å²) in [5.74, 6) is 1.36. The lowest BCUT2D eigenvalue weighted by Gasteiger charge is -2.08. The Bertz CT molecular complexity index is 2300. The molecule has 0 atom stereocenters. The van der Waals surface area contributed by atoms with Gasteiger partial charge in [0.25, 0.3) is 0 Å². The van der Waals surface area contributed by atoms with Crippen molar-refractivity contribution in [3.63, 3.8) is 0 Å². The van der Waals surface area contributed by atoms with Gasteiger partial charge in [-0.3, -0.25) is 0 Å². The summed E-state index contributed by atoms with van der Waals surface area (Å²) in [5, 5.41) is 32.2. The fourth-order valence-electron chi connectivity index (χ4n) is 4.97. The topological polar surface area (TPSA) is 231 Å². The first-order chi connectivity index (χ1) is 27.0. The van der Waals surface area contributed by atoms with Crippen molar-refractivity contribution in [1.29, 1.82) is 0 Å². The lowest BCUT2D eigenvalue weighted by atomic mass is 10.2. The van der Waals surface area contributed by atoms with Gasteiger partial charge in [0.05, 0.1) is 49.4 Å². The molecule has 0 radical (unpaired) electrons. The highest BCUT2D eigenvalue weighted by Crippen LogP contribution is 2.20. The molecule has 300 valence electrons. The number of nitrogens with zero attached hydrogens (tertiary/aromatic N) is 10. The van der Waals surface area contributed by atoms with Gasteiger partial charge < -0.3 is 19.7 Å². The summed E-state index contributed by atoms with van der Waals surface area (Å²) >= 11 is 0. The summed E-state index contributed by atoms with van der Waals surface area (Å²) in [6.45, 7) is 4.88. The number of nitrogens with one attached hydrogen (secondary N) is 2. The van der Waals surface area contributed by atoms with Crippen LogP contribution < -0.4 is 19.8 Å². The van der Waals surface area contributed by atoms with Crippen molar-refractivity contribution in [2.24, 2.45) is 48.6 Å². The summed E-state index contributed by atoms with van der Waals surface area (Å²) in [6.07, 6.45) is 4.36. The van der Waals surface area contributed by atoms with Crippen LogP contribution in [0.25, 0.3) is 0 Å². The minimum absolute atomic E-state index is 0.139. The van der Waals surface area contributed by atoms with Crippen LogP contribution in [0.4, 0.5) is 34.6 Å². The average molecular weight is 817 g/mol.